The summed E-state index contributed by atoms with van der Waals surface area (Å²) in [7, 11) is 0. The minimum atomic E-state index is -0.0691. The molecule has 2 N–H and O–H groups in total. The van der Waals surface area contributed by atoms with Crippen LogP contribution in [0.2, 0.25) is 5.02 Å². The van der Waals surface area contributed by atoms with Gasteiger partial charge in [-0.05, 0) is 18.2 Å². The largest absolute Gasteiger partial charge is 0.390 e. The minimum Gasteiger partial charge on any atom is -0.390 e. The fraction of sp³-hybridized carbons (Fsp3) is 0.125. The van der Waals surface area contributed by atoms with Crippen LogP contribution in [0, 0.1) is 0 Å². The fourth-order valence-corrected chi connectivity index (χ4v) is 1.33. The van der Waals surface area contributed by atoms with Crippen LogP contribution >= 0.6 is 11.6 Å². The number of hydrogen-bond donors (Lipinski definition) is 2. The molecule has 4 heteroatoms. The van der Waals surface area contributed by atoms with E-state index in [0.717, 1.165) is 10.9 Å². The van der Waals surface area contributed by atoms with Crippen molar-refractivity contribution in [3.8, 4) is 0 Å². The molecule has 0 unspecified atom stereocenters. The van der Waals surface area contributed by atoms with Gasteiger partial charge in [-0.2, -0.15) is 5.10 Å². The van der Waals surface area contributed by atoms with Gasteiger partial charge in [-0.1, -0.05) is 11.6 Å². The Morgan fingerprint density at radius 2 is 2.33 bits per heavy atom. The van der Waals surface area contributed by atoms with Crippen molar-refractivity contribution < 1.29 is 5.11 Å². The molecule has 1 aromatic carbocycles. The first-order chi connectivity index (χ1) is 5.81. The maximum absolute atomic E-state index is 8.89. The molecule has 0 spiro atoms. The molecule has 2 rings (SSSR count). The van der Waals surface area contributed by atoms with Gasteiger partial charge in [-0.25, -0.2) is 0 Å². The third kappa shape index (κ3) is 1.07. The highest BCUT2D eigenvalue weighted by Gasteiger charge is 2.03. The van der Waals surface area contributed by atoms with Gasteiger partial charge in [0.1, 0.15) is 0 Å². The van der Waals surface area contributed by atoms with E-state index >= 15 is 0 Å². The third-order valence-corrected chi connectivity index (χ3v) is 1.99. The first kappa shape index (κ1) is 7.58. The highest BCUT2D eigenvalue weighted by Crippen LogP contribution is 2.20. The Bertz CT molecular complexity index is 410. The zero-order valence-electron chi connectivity index (χ0n) is 6.21. The molecule has 0 amide bonds. The van der Waals surface area contributed by atoms with Gasteiger partial charge < -0.3 is 5.11 Å². The Kier molecular flexibility index (Phi) is 1.75. The number of fused-ring (bicyclic) bond motifs is 1. The quantitative estimate of drug-likeness (QED) is 0.706. The summed E-state index contributed by atoms with van der Waals surface area (Å²) >= 11 is 5.78. The first-order valence-electron chi connectivity index (χ1n) is 3.54. The van der Waals surface area contributed by atoms with E-state index in [1.807, 2.05) is 6.07 Å². The second-order valence-corrected chi connectivity index (χ2v) is 2.95. The molecule has 1 heterocycles. The first-order valence-corrected chi connectivity index (χ1v) is 3.92. The number of nitrogens with zero attached hydrogens (tertiary/aromatic N) is 1. The van der Waals surface area contributed by atoms with Gasteiger partial charge in [0.05, 0.1) is 17.8 Å². The number of benzene rings is 1. The molecule has 2 aromatic rings. The zero-order chi connectivity index (χ0) is 8.55. The number of hydrogen-bond acceptors (Lipinski definition) is 2. The van der Waals surface area contributed by atoms with Crippen LogP contribution in [0.5, 0.6) is 0 Å². The van der Waals surface area contributed by atoms with Crippen molar-refractivity contribution in [2.24, 2.45) is 0 Å². The lowest BCUT2D eigenvalue weighted by molar-refractivity contribution is 0.278. The van der Waals surface area contributed by atoms with E-state index in [-0.39, 0.29) is 6.61 Å². The molecule has 0 fully saturated rings. The number of aromatic amines is 1. The SMILES string of the molecule is OCc1n[nH]c2ccc(Cl)cc12. The minimum absolute atomic E-state index is 0.0691. The monoisotopic (exact) mass is 182 g/mol. The molecule has 0 aliphatic rings. The maximum Gasteiger partial charge on any atom is 0.0955 e. The summed E-state index contributed by atoms with van der Waals surface area (Å²) in [6.07, 6.45) is 0. The summed E-state index contributed by atoms with van der Waals surface area (Å²) in [5.74, 6) is 0. The van der Waals surface area contributed by atoms with Gasteiger partial charge in [0.2, 0.25) is 0 Å². The number of aliphatic hydroxyl groups is 1. The number of aromatic nitrogens is 2. The Balaban J connectivity index is 2.75. The van der Waals surface area contributed by atoms with E-state index in [2.05, 4.69) is 10.2 Å². The molecule has 0 aliphatic heterocycles. The Labute approximate surface area is 74.0 Å². The summed E-state index contributed by atoms with van der Waals surface area (Å²) < 4.78 is 0. The van der Waals surface area contributed by atoms with Crippen LogP contribution < -0.4 is 0 Å². The highest BCUT2D eigenvalue weighted by molar-refractivity contribution is 6.31. The summed E-state index contributed by atoms with van der Waals surface area (Å²) in [6.45, 7) is -0.0691. The van der Waals surface area contributed by atoms with E-state index in [1.54, 1.807) is 12.1 Å². The summed E-state index contributed by atoms with van der Waals surface area (Å²) in [5.41, 5.74) is 1.52. The van der Waals surface area contributed by atoms with Crippen LogP contribution in [0.1, 0.15) is 5.69 Å². The number of nitrogens with one attached hydrogen (secondary N) is 1. The smallest absolute Gasteiger partial charge is 0.0955 e. The van der Waals surface area contributed by atoms with Crippen molar-refractivity contribution in [3.63, 3.8) is 0 Å². The van der Waals surface area contributed by atoms with E-state index in [1.165, 1.54) is 0 Å². The van der Waals surface area contributed by atoms with Crippen LogP contribution in [-0.2, 0) is 6.61 Å². The van der Waals surface area contributed by atoms with Gasteiger partial charge in [-0.15, -0.1) is 0 Å². The van der Waals surface area contributed by atoms with Crippen molar-refractivity contribution in [2.75, 3.05) is 0 Å². The van der Waals surface area contributed by atoms with E-state index in [4.69, 9.17) is 16.7 Å². The highest BCUT2D eigenvalue weighted by atomic mass is 35.5. The molecule has 0 radical (unpaired) electrons. The molecule has 62 valence electrons. The molecule has 1 aromatic heterocycles. The summed E-state index contributed by atoms with van der Waals surface area (Å²) in [5, 5.41) is 17.1. The zero-order valence-corrected chi connectivity index (χ0v) is 6.97. The van der Waals surface area contributed by atoms with Crippen molar-refractivity contribution in [2.45, 2.75) is 6.61 Å². The summed E-state index contributed by atoms with van der Waals surface area (Å²) in [6, 6.07) is 5.40. The normalized spacial score (nSPS) is 10.8. The molecular formula is C8H7ClN2O. The molecule has 0 bridgehead atoms. The van der Waals surface area contributed by atoms with Crippen LogP contribution in [0.15, 0.2) is 18.2 Å². The number of aliphatic hydroxyl groups excluding tert-OH is 1. The lowest BCUT2D eigenvalue weighted by Gasteiger charge is -1.91. The Hall–Kier alpha value is -1.06. The predicted octanol–water partition coefficient (Wildman–Crippen LogP) is 1.71. The average Bonchev–Trinajstić information content (AvgIpc) is 2.46. The van der Waals surface area contributed by atoms with Gasteiger partial charge >= 0.3 is 0 Å². The molecule has 12 heavy (non-hydrogen) atoms. The third-order valence-electron chi connectivity index (χ3n) is 1.75. The molecular weight excluding hydrogens is 176 g/mol. The van der Waals surface area contributed by atoms with Gasteiger partial charge in [0.15, 0.2) is 0 Å². The predicted molar refractivity (Wildman–Crippen MR) is 47.0 cm³/mol. The van der Waals surface area contributed by atoms with Crippen molar-refractivity contribution in [3.05, 3.63) is 28.9 Å². The molecule has 0 atom stereocenters. The van der Waals surface area contributed by atoms with E-state index in [0.29, 0.717) is 10.7 Å². The van der Waals surface area contributed by atoms with Gasteiger partial charge in [0.25, 0.3) is 0 Å². The van der Waals surface area contributed by atoms with Crippen LogP contribution in [0.3, 0.4) is 0 Å². The molecule has 0 saturated carbocycles. The summed E-state index contributed by atoms with van der Waals surface area (Å²) in [4.78, 5) is 0. The fourth-order valence-electron chi connectivity index (χ4n) is 1.16. The Morgan fingerprint density at radius 1 is 1.50 bits per heavy atom. The van der Waals surface area contributed by atoms with Crippen LogP contribution in [-0.4, -0.2) is 15.3 Å². The second kappa shape index (κ2) is 2.77. The Morgan fingerprint density at radius 3 is 3.08 bits per heavy atom. The van der Waals surface area contributed by atoms with Crippen molar-refractivity contribution >= 4 is 22.5 Å². The number of rotatable bonds is 1. The van der Waals surface area contributed by atoms with Crippen LogP contribution in [0.4, 0.5) is 0 Å². The van der Waals surface area contributed by atoms with Crippen LogP contribution in [0.25, 0.3) is 10.9 Å². The second-order valence-electron chi connectivity index (χ2n) is 2.52. The van der Waals surface area contributed by atoms with Crippen molar-refractivity contribution in [1.29, 1.82) is 0 Å². The van der Waals surface area contributed by atoms with E-state index in [9.17, 15) is 0 Å². The molecule has 0 saturated heterocycles. The molecule has 0 aliphatic carbocycles. The number of H-pyrrole nitrogens is 1. The van der Waals surface area contributed by atoms with Gasteiger partial charge in [0, 0.05) is 10.4 Å². The lowest BCUT2D eigenvalue weighted by Crippen LogP contribution is -1.82. The maximum atomic E-state index is 8.89. The molecule has 3 nitrogen and oxygen atoms in total. The average molecular weight is 183 g/mol. The van der Waals surface area contributed by atoms with E-state index < -0.39 is 0 Å². The lowest BCUT2D eigenvalue weighted by atomic mass is 10.2. The standard InChI is InChI=1S/C8H7ClN2O/c9-5-1-2-7-6(3-5)8(4-12)11-10-7/h1-3,12H,4H2,(H,10,11). The van der Waals surface area contributed by atoms with Gasteiger partial charge in [-0.3, -0.25) is 5.10 Å². The van der Waals surface area contributed by atoms with Crippen molar-refractivity contribution in [1.82, 2.24) is 10.2 Å². The topological polar surface area (TPSA) is 48.9 Å². The number of halogens is 1.